The third-order valence-electron chi connectivity index (χ3n) is 3.76. The van der Waals surface area contributed by atoms with Crippen molar-refractivity contribution in [2.45, 2.75) is 38.1 Å². The third kappa shape index (κ3) is 2.86. The van der Waals surface area contributed by atoms with Crippen LogP contribution in [-0.4, -0.2) is 29.3 Å². The Hall–Kier alpha value is -1.02. The summed E-state index contributed by atoms with van der Waals surface area (Å²) in [5.74, 6) is 0.689. The van der Waals surface area contributed by atoms with Crippen LogP contribution in [0, 0.1) is 0 Å². The van der Waals surface area contributed by atoms with Crippen LogP contribution in [0.3, 0.4) is 0 Å². The van der Waals surface area contributed by atoms with Crippen molar-refractivity contribution >= 4 is 17.5 Å². The summed E-state index contributed by atoms with van der Waals surface area (Å²) < 4.78 is 0. The molecule has 2 unspecified atom stereocenters. The number of rotatable bonds is 3. The van der Waals surface area contributed by atoms with Gasteiger partial charge in [-0.25, -0.2) is 0 Å². The van der Waals surface area contributed by atoms with Crippen LogP contribution in [0.25, 0.3) is 0 Å². The van der Waals surface area contributed by atoms with Crippen LogP contribution in [0.5, 0.6) is 0 Å². The maximum absolute atomic E-state index is 12.5. The number of carbonyl (C=O) groups excluding carboxylic acids is 1. The highest BCUT2D eigenvalue weighted by Gasteiger charge is 2.29. The highest BCUT2D eigenvalue weighted by Crippen LogP contribution is 2.24. The summed E-state index contributed by atoms with van der Waals surface area (Å²) in [5, 5.41) is 0. The van der Waals surface area contributed by atoms with Crippen molar-refractivity contribution in [1.29, 1.82) is 0 Å². The fraction of sp³-hybridized carbons (Fsp3) is 0.533. The molecule has 1 aliphatic rings. The zero-order chi connectivity index (χ0) is 13.0. The predicted octanol–water partition coefficient (Wildman–Crippen LogP) is 3.41. The molecule has 1 amide bonds. The molecule has 1 fully saturated rings. The molecule has 1 saturated heterocycles. The molecule has 1 aromatic rings. The monoisotopic (exact) mass is 265 g/mol. The lowest BCUT2D eigenvalue weighted by Crippen LogP contribution is -2.46. The zero-order valence-corrected chi connectivity index (χ0v) is 11.6. The summed E-state index contributed by atoms with van der Waals surface area (Å²) in [6.45, 7) is 2.84. The first-order chi connectivity index (χ1) is 8.74. The summed E-state index contributed by atoms with van der Waals surface area (Å²) in [4.78, 5) is 14.5. The number of nitrogens with zero attached hydrogens (tertiary/aromatic N) is 1. The normalized spacial score (nSPS) is 21.7. The summed E-state index contributed by atoms with van der Waals surface area (Å²) in [7, 11) is 0. The second-order valence-corrected chi connectivity index (χ2v) is 5.28. The van der Waals surface area contributed by atoms with Gasteiger partial charge in [-0.15, -0.1) is 11.6 Å². The molecule has 18 heavy (non-hydrogen) atoms. The van der Waals surface area contributed by atoms with E-state index in [-0.39, 0.29) is 17.9 Å². The average Bonchev–Trinajstić information content (AvgIpc) is 2.46. The van der Waals surface area contributed by atoms with E-state index in [9.17, 15) is 4.79 Å². The van der Waals surface area contributed by atoms with Gasteiger partial charge in [-0.05, 0) is 31.7 Å². The van der Waals surface area contributed by atoms with Gasteiger partial charge in [-0.1, -0.05) is 30.3 Å². The van der Waals surface area contributed by atoms with Gasteiger partial charge in [-0.2, -0.15) is 0 Å². The standard InChI is InChI=1S/C15H20ClNO/c1-12(13-7-3-2-4-8-13)15(18)17-10-6-5-9-14(17)11-16/h2-4,7-8,12,14H,5-6,9-11H2,1H3. The summed E-state index contributed by atoms with van der Waals surface area (Å²) in [5.41, 5.74) is 1.08. The number of carbonyl (C=O) groups is 1. The molecule has 2 nitrogen and oxygen atoms in total. The van der Waals surface area contributed by atoms with Crippen LogP contribution in [0.2, 0.25) is 0 Å². The second kappa shape index (κ2) is 6.24. The molecule has 2 rings (SSSR count). The number of amides is 1. The van der Waals surface area contributed by atoms with Gasteiger partial charge >= 0.3 is 0 Å². The maximum Gasteiger partial charge on any atom is 0.230 e. The predicted molar refractivity (Wildman–Crippen MR) is 74.9 cm³/mol. The zero-order valence-electron chi connectivity index (χ0n) is 10.8. The molecule has 1 aliphatic heterocycles. The van der Waals surface area contributed by atoms with E-state index in [0.717, 1.165) is 24.9 Å². The minimum absolute atomic E-state index is 0.0741. The van der Waals surface area contributed by atoms with E-state index in [1.54, 1.807) is 0 Å². The molecule has 0 spiro atoms. The van der Waals surface area contributed by atoms with Gasteiger partial charge in [0.2, 0.25) is 5.91 Å². The Labute approximate surface area is 114 Å². The highest BCUT2D eigenvalue weighted by molar-refractivity contribution is 6.18. The SMILES string of the molecule is CC(C(=O)N1CCCCC1CCl)c1ccccc1. The van der Waals surface area contributed by atoms with Crippen molar-refractivity contribution in [2.24, 2.45) is 0 Å². The number of hydrogen-bond donors (Lipinski definition) is 0. The molecule has 0 aromatic heterocycles. The van der Waals surface area contributed by atoms with Gasteiger partial charge in [0.15, 0.2) is 0 Å². The van der Waals surface area contributed by atoms with E-state index in [0.29, 0.717) is 5.88 Å². The Morgan fingerprint density at radius 1 is 1.39 bits per heavy atom. The van der Waals surface area contributed by atoms with E-state index in [2.05, 4.69) is 0 Å². The van der Waals surface area contributed by atoms with Crippen molar-refractivity contribution in [3.05, 3.63) is 35.9 Å². The fourth-order valence-electron chi connectivity index (χ4n) is 2.58. The molecule has 98 valence electrons. The van der Waals surface area contributed by atoms with Crippen LogP contribution in [0.1, 0.15) is 37.7 Å². The topological polar surface area (TPSA) is 20.3 Å². The molecule has 0 bridgehead atoms. The first kappa shape index (κ1) is 13.4. The molecule has 0 saturated carbocycles. The minimum Gasteiger partial charge on any atom is -0.338 e. The van der Waals surface area contributed by atoms with E-state index >= 15 is 0 Å². The quantitative estimate of drug-likeness (QED) is 0.767. The first-order valence-corrected chi connectivity index (χ1v) is 7.19. The molecule has 0 radical (unpaired) electrons. The highest BCUT2D eigenvalue weighted by atomic mass is 35.5. The van der Waals surface area contributed by atoms with Crippen molar-refractivity contribution in [2.75, 3.05) is 12.4 Å². The molecule has 0 aliphatic carbocycles. The average molecular weight is 266 g/mol. The van der Waals surface area contributed by atoms with Crippen molar-refractivity contribution in [1.82, 2.24) is 4.90 Å². The van der Waals surface area contributed by atoms with Crippen LogP contribution < -0.4 is 0 Å². The molecule has 1 heterocycles. The molecule has 0 N–H and O–H groups in total. The van der Waals surface area contributed by atoms with Crippen molar-refractivity contribution in [3.8, 4) is 0 Å². The number of likely N-dealkylation sites (tertiary alicyclic amines) is 1. The number of hydrogen-bond acceptors (Lipinski definition) is 1. The maximum atomic E-state index is 12.5. The molecular weight excluding hydrogens is 246 g/mol. The third-order valence-corrected chi connectivity index (χ3v) is 4.11. The summed E-state index contributed by atoms with van der Waals surface area (Å²) in [6.07, 6.45) is 3.32. The summed E-state index contributed by atoms with van der Waals surface area (Å²) in [6, 6.07) is 10.2. The Kier molecular flexibility index (Phi) is 4.65. The lowest BCUT2D eigenvalue weighted by molar-refractivity contribution is -0.135. The fourth-order valence-corrected chi connectivity index (χ4v) is 2.91. The number of piperidine rings is 1. The van der Waals surface area contributed by atoms with Gasteiger partial charge in [0.05, 0.1) is 5.92 Å². The first-order valence-electron chi connectivity index (χ1n) is 6.65. The molecule has 3 heteroatoms. The largest absolute Gasteiger partial charge is 0.338 e. The Bertz CT molecular complexity index is 393. The molecule has 1 aromatic carbocycles. The van der Waals surface area contributed by atoms with Gasteiger partial charge in [0.1, 0.15) is 0 Å². The molecule has 2 atom stereocenters. The van der Waals surface area contributed by atoms with Gasteiger partial charge < -0.3 is 4.90 Å². The summed E-state index contributed by atoms with van der Waals surface area (Å²) >= 11 is 5.98. The number of alkyl halides is 1. The Morgan fingerprint density at radius 3 is 2.78 bits per heavy atom. The Balaban J connectivity index is 2.10. The van der Waals surface area contributed by atoms with E-state index in [4.69, 9.17) is 11.6 Å². The second-order valence-electron chi connectivity index (χ2n) is 4.97. The van der Waals surface area contributed by atoms with Gasteiger partial charge in [-0.3, -0.25) is 4.79 Å². The number of benzene rings is 1. The van der Waals surface area contributed by atoms with Crippen LogP contribution in [-0.2, 0) is 4.79 Å². The van der Waals surface area contributed by atoms with E-state index < -0.39 is 0 Å². The van der Waals surface area contributed by atoms with Crippen LogP contribution in [0.15, 0.2) is 30.3 Å². The van der Waals surface area contributed by atoms with Gasteiger partial charge in [0.25, 0.3) is 0 Å². The van der Waals surface area contributed by atoms with Crippen molar-refractivity contribution < 1.29 is 4.79 Å². The minimum atomic E-state index is -0.0741. The molecular formula is C15H20ClNO. The van der Waals surface area contributed by atoms with Crippen LogP contribution >= 0.6 is 11.6 Å². The lowest BCUT2D eigenvalue weighted by atomic mass is 9.96. The van der Waals surface area contributed by atoms with Crippen molar-refractivity contribution in [3.63, 3.8) is 0 Å². The smallest absolute Gasteiger partial charge is 0.230 e. The van der Waals surface area contributed by atoms with E-state index in [1.807, 2.05) is 42.2 Å². The van der Waals surface area contributed by atoms with Crippen LogP contribution in [0.4, 0.5) is 0 Å². The van der Waals surface area contributed by atoms with Gasteiger partial charge in [0, 0.05) is 18.5 Å². The number of halogens is 1. The lowest BCUT2D eigenvalue weighted by Gasteiger charge is -2.36. The van der Waals surface area contributed by atoms with E-state index in [1.165, 1.54) is 6.42 Å². The Morgan fingerprint density at radius 2 is 2.11 bits per heavy atom.